The quantitative estimate of drug-likeness (QED) is 0.849. The van der Waals surface area contributed by atoms with Gasteiger partial charge in [-0.05, 0) is 44.2 Å². The Morgan fingerprint density at radius 1 is 1.47 bits per heavy atom. The summed E-state index contributed by atoms with van der Waals surface area (Å²) in [6.45, 7) is 4.46. The number of likely N-dealkylation sites (N-methyl/N-ethyl adjacent to an activating group) is 1. The molecule has 0 fully saturated rings. The van der Waals surface area contributed by atoms with Crippen molar-refractivity contribution < 1.29 is 4.79 Å². The van der Waals surface area contributed by atoms with Crippen LogP contribution in [0, 0.1) is 0 Å². The van der Waals surface area contributed by atoms with Gasteiger partial charge >= 0.3 is 0 Å². The molecule has 1 heterocycles. The molecule has 19 heavy (non-hydrogen) atoms. The molecule has 2 N–H and O–H groups in total. The third-order valence-corrected chi connectivity index (χ3v) is 4.09. The minimum atomic E-state index is 0.136. The van der Waals surface area contributed by atoms with E-state index in [2.05, 4.69) is 12.4 Å². The van der Waals surface area contributed by atoms with Crippen molar-refractivity contribution in [3.8, 4) is 0 Å². The predicted octanol–water partition coefficient (Wildman–Crippen LogP) is 2.08. The van der Waals surface area contributed by atoms with Crippen molar-refractivity contribution in [3.05, 3.63) is 23.5 Å². The summed E-state index contributed by atoms with van der Waals surface area (Å²) in [6.07, 6.45) is 8.71. The van der Waals surface area contributed by atoms with Crippen LogP contribution in [-0.2, 0) is 17.8 Å². The third-order valence-electron chi connectivity index (χ3n) is 4.09. The maximum absolute atomic E-state index is 12.1. The lowest BCUT2D eigenvalue weighted by Crippen LogP contribution is -2.35. The SMILES string of the molecule is CC(C)N(C)C(=O)Cn1cc2c(c1)C(N)CCCC2. The van der Waals surface area contributed by atoms with Gasteiger partial charge in [-0.25, -0.2) is 0 Å². The van der Waals surface area contributed by atoms with Crippen molar-refractivity contribution in [1.82, 2.24) is 9.47 Å². The molecule has 1 aliphatic carbocycles. The molecule has 0 aromatic carbocycles. The average molecular weight is 263 g/mol. The zero-order chi connectivity index (χ0) is 14.0. The molecule has 1 aliphatic rings. The molecule has 0 spiro atoms. The van der Waals surface area contributed by atoms with Crippen LogP contribution in [-0.4, -0.2) is 28.5 Å². The Bertz CT molecular complexity index is 450. The van der Waals surface area contributed by atoms with Crippen molar-refractivity contribution in [2.45, 2.75) is 58.2 Å². The monoisotopic (exact) mass is 263 g/mol. The molecule has 0 saturated carbocycles. The van der Waals surface area contributed by atoms with Crippen molar-refractivity contribution in [3.63, 3.8) is 0 Å². The molecule has 1 amide bonds. The first-order valence-electron chi connectivity index (χ1n) is 7.19. The normalized spacial score (nSPS) is 19.1. The number of aromatic nitrogens is 1. The Kier molecular flexibility index (Phi) is 4.30. The second-order valence-electron chi connectivity index (χ2n) is 5.86. The summed E-state index contributed by atoms with van der Waals surface area (Å²) in [4.78, 5) is 13.9. The van der Waals surface area contributed by atoms with Crippen molar-refractivity contribution in [1.29, 1.82) is 0 Å². The van der Waals surface area contributed by atoms with E-state index in [0.717, 1.165) is 12.8 Å². The highest BCUT2D eigenvalue weighted by Crippen LogP contribution is 2.27. The van der Waals surface area contributed by atoms with Gasteiger partial charge in [0.2, 0.25) is 5.91 Å². The van der Waals surface area contributed by atoms with Crippen LogP contribution >= 0.6 is 0 Å². The van der Waals surface area contributed by atoms with E-state index >= 15 is 0 Å². The van der Waals surface area contributed by atoms with Gasteiger partial charge in [0.05, 0.1) is 0 Å². The van der Waals surface area contributed by atoms with Crippen LogP contribution in [0.3, 0.4) is 0 Å². The molecule has 1 aromatic rings. The fourth-order valence-electron chi connectivity index (χ4n) is 2.60. The van der Waals surface area contributed by atoms with E-state index in [0.29, 0.717) is 6.54 Å². The van der Waals surface area contributed by atoms with Crippen LogP contribution < -0.4 is 5.73 Å². The molecule has 4 nitrogen and oxygen atoms in total. The Labute approximate surface area is 115 Å². The summed E-state index contributed by atoms with van der Waals surface area (Å²) in [7, 11) is 1.85. The van der Waals surface area contributed by atoms with Crippen LogP contribution in [0.2, 0.25) is 0 Å². The van der Waals surface area contributed by atoms with Gasteiger partial charge in [-0.15, -0.1) is 0 Å². The molecule has 0 radical (unpaired) electrons. The standard InChI is InChI=1S/C15H25N3O/c1-11(2)17(3)15(19)10-18-8-12-6-4-5-7-14(16)13(12)9-18/h8-9,11,14H,4-7,10,16H2,1-3H3. The smallest absolute Gasteiger partial charge is 0.242 e. The van der Waals surface area contributed by atoms with Crippen LogP contribution in [0.1, 0.15) is 50.3 Å². The van der Waals surface area contributed by atoms with Gasteiger partial charge < -0.3 is 15.2 Å². The summed E-state index contributed by atoms with van der Waals surface area (Å²) >= 11 is 0. The second-order valence-corrected chi connectivity index (χ2v) is 5.86. The van der Waals surface area contributed by atoms with E-state index < -0.39 is 0 Å². The average Bonchev–Trinajstić information content (AvgIpc) is 2.68. The number of carbonyl (C=O) groups excluding carboxylic acids is 1. The molecular formula is C15H25N3O. The highest BCUT2D eigenvalue weighted by molar-refractivity contribution is 5.76. The lowest BCUT2D eigenvalue weighted by Gasteiger charge is -2.21. The summed E-state index contributed by atoms with van der Waals surface area (Å²) < 4.78 is 2.00. The van der Waals surface area contributed by atoms with Crippen LogP contribution in [0.4, 0.5) is 0 Å². The lowest BCUT2D eigenvalue weighted by molar-refractivity contribution is -0.131. The van der Waals surface area contributed by atoms with Gasteiger partial charge in [-0.2, -0.15) is 0 Å². The van der Waals surface area contributed by atoms with Crippen LogP contribution in [0.15, 0.2) is 12.4 Å². The zero-order valence-electron chi connectivity index (χ0n) is 12.2. The van der Waals surface area contributed by atoms with Crippen molar-refractivity contribution in [2.24, 2.45) is 5.73 Å². The summed E-state index contributed by atoms with van der Waals surface area (Å²) in [5.41, 5.74) is 8.75. The number of hydrogen-bond acceptors (Lipinski definition) is 2. The molecule has 1 aromatic heterocycles. The minimum absolute atomic E-state index is 0.136. The van der Waals surface area contributed by atoms with E-state index in [1.54, 1.807) is 4.90 Å². The molecule has 1 unspecified atom stereocenters. The Hall–Kier alpha value is -1.29. The minimum Gasteiger partial charge on any atom is -0.344 e. The first kappa shape index (κ1) is 14.1. The summed E-state index contributed by atoms with van der Waals surface area (Å²) in [5.74, 6) is 0.147. The first-order valence-corrected chi connectivity index (χ1v) is 7.19. The van der Waals surface area contributed by atoms with Crippen molar-refractivity contribution in [2.75, 3.05) is 7.05 Å². The lowest BCUT2D eigenvalue weighted by atomic mass is 10.1. The predicted molar refractivity (Wildman–Crippen MR) is 76.8 cm³/mol. The molecular weight excluding hydrogens is 238 g/mol. The maximum atomic E-state index is 12.1. The fourth-order valence-corrected chi connectivity index (χ4v) is 2.60. The van der Waals surface area contributed by atoms with Gasteiger partial charge in [0.1, 0.15) is 6.54 Å². The highest BCUT2D eigenvalue weighted by atomic mass is 16.2. The van der Waals surface area contributed by atoms with E-state index in [-0.39, 0.29) is 18.0 Å². The number of rotatable bonds is 3. The Morgan fingerprint density at radius 3 is 2.89 bits per heavy atom. The molecule has 2 rings (SSSR count). The van der Waals surface area contributed by atoms with Gasteiger partial charge in [0, 0.05) is 31.5 Å². The van der Waals surface area contributed by atoms with E-state index in [9.17, 15) is 4.79 Å². The molecule has 1 atom stereocenters. The number of aryl methyl sites for hydroxylation is 1. The van der Waals surface area contributed by atoms with Crippen LogP contribution in [0.25, 0.3) is 0 Å². The van der Waals surface area contributed by atoms with Gasteiger partial charge in [-0.3, -0.25) is 4.79 Å². The maximum Gasteiger partial charge on any atom is 0.242 e. The van der Waals surface area contributed by atoms with Gasteiger partial charge in [0.25, 0.3) is 0 Å². The van der Waals surface area contributed by atoms with E-state index in [1.165, 1.54) is 24.0 Å². The first-order chi connectivity index (χ1) is 8.99. The number of hydrogen-bond donors (Lipinski definition) is 1. The molecule has 106 valence electrons. The topological polar surface area (TPSA) is 51.3 Å². The van der Waals surface area contributed by atoms with Gasteiger partial charge in [-0.1, -0.05) is 6.42 Å². The largest absolute Gasteiger partial charge is 0.344 e. The zero-order valence-corrected chi connectivity index (χ0v) is 12.2. The van der Waals surface area contributed by atoms with E-state index in [1.807, 2.05) is 25.5 Å². The highest BCUT2D eigenvalue weighted by Gasteiger charge is 2.19. The second kappa shape index (κ2) is 5.78. The van der Waals surface area contributed by atoms with Gasteiger partial charge in [0.15, 0.2) is 0 Å². The molecule has 4 heteroatoms. The Balaban J connectivity index is 2.11. The third kappa shape index (κ3) is 3.18. The van der Waals surface area contributed by atoms with Crippen molar-refractivity contribution >= 4 is 5.91 Å². The number of nitrogens with two attached hydrogens (primary N) is 1. The summed E-state index contributed by atoms with van der Waals surface area (Å²) in [6, 6.07) is 0.375. The number of fused-ring (bicyclic) bond motifs is 1. The van der Waals surface area contributed by atoms with Crippen LogP contribution in [0.5, 0.6) is 0 Å². The number of nitrogens with zero attached hydrogens (tertiary/aromatic N) is 2. The molecule has 0 saturated heterocycles. The Morgan fingerprint density at radius 2 is 2.21 bits per heavy atom. The summed E-state index contributed by atoms with van der Waals surface area (Å²) in [5, 5.41) is 0. The number of amides is 1. The number of carbonyl (C=O) groups is 1. The van der Waals surface area contributed by atoms with E-state index in [4.69, 9.17) is 5.73 Å². The fraction of sp³-hybridized carbons (Fsp3) is 0.667. The molecule has 0 bridgehead atoms. The molecule has 0 aliphatic heterocycles.